The first kappa shape index (κ1) is 17.7. The van der Waals surface area contributed by atoms with Crippen LogP contribution >= 0.6 is 0 Å². The number of nitrogens with two attached hydrogens (primary N) is 1. The van der Waals surface area contributed by atoms with Gasteiger partial charge in [-0.25, -0.2) is 4.90 Å². The van der Waals surface area contributed by atoms with Crippen LogP contribution in [0.4, 0.5) is 5.69 Å². The van der Waals surface area contributed by atoms with Gasteiger partial charge in [-0.3, -0.25) is 9.59 Å². The van der Waals surface area contributed by atoms with E-state index in [1.807, 2.05) is 12.2 Å². The average molecular weight is 343 g/mol. The number of anilines is 1. The summed E-state index contributed by atoms with van der Waals surface area (Å²) in [4.78, 5) is 26.3. The Kier molecular flexibility index (Phi) is 5.87. The van der Waals surface area contributed by atoms with Crippen molar-refractivity contribution >= 4 is 17.5 Å². The molecule has 1 heterocycles. The first-order valence-corrected chi connectivity index (χ1v) is 9.30. The SMILES string of the molecule is CCOc1ccc(N2C(=O)C[C@H]([NH2+]CCC3=CCCCC3)C2=O)cc1. The fraction of sp³-hybridized carbons (Fsp3) is 0.500. The summed E-state index contributed by atoms with van der Waals surface area (Å²) in [6.07, 6.45) is 8.57. The summed E-state index contributed by atoms with van der Waals surface area (Å²) in [5.74, 6) is 0.522. The van der Waals surface area contributed by atoms with Crippen LogP contribution in [0.5, 0.6) is 5.75 Å². The Labute approximate surface area is 149 Å². The van der Waals surface area contributed by atoms with E-state index in [9.17, 15) is 9.59 Å². The second-order valence-corrected chi connectivity index (χ2v) is 6.69. The predicted octanol–water partition coefficient (Wildman–Crippen LogP) is 2.17. The number of quaternary nitrogens is 1. The van der Waals surface area contributed by atoms with E-state index in [1.54, 1.807) is 24.3 Å². The highest BCUT2D eigenvalue weighted by Crippen LogP contribution is 2.24. The third-order valence-electron chi connectivity index (χ3n) is 4.89. The lowest BCUT2D eigenvalue weighted by Gasteiger charge is -2.15. The molecule has 0 unspecified atom stereocenters. The number of carbonyl (C=O) groups excluding carboxylic acids is 2. The maximum atomic E-state index is 12.6. The molecule has 0 radical (unpaired) electrons. The van der Waals surface area contributed by atoms with Crippen molar-refractivity contribution in [3.8, 4) is 5.75 Å². The summed E-state index contributed by atoms with van der Waals surface area (Å²) in [6.45, 7) is 3.38. The van der Waals surface area contributed by atoms with Crippen LogP contribution in [0.1, 0.15) is 45.4 Å². The molecule has 2 amide bonds. The summed E-state index contributed by atoms with van der Waals surface area (Å²) in [5.41, 5.74) is 2.13. The quantitative estimate of drug-likeness (QED) is 0.610. The molecule has 25 heavy (non-hydrogen) atoms. The molecule has 1 atom stereocenters. The van der Waals surface area contributed by atoms with Crippen LogP contribution in [0.25, 0.3) is 0 Å². The van der Waals surface area contributed by atoms with Gasteiger partial charge in [0.1, 0.15) is 5.75 Å². The Balaban J connectivity index is 1.57. The van der Waals surface area contributed by atoms with Crippen LogP contribution < -0.4 is 15.0 Å². The van der Waals surface area contributed by atoms with Crippen LogP contribution in [-0.2, 0) is 9.59 Å². The minimum Gasteiger partial charge on any atom is -0.494 e. The number of hydrogen-bond donors (Lipinski definition) is 1. The van der Waals surface area contributed by atoms with Crippen molar-refractivity contribution in [2.45, 2.75) is 51.5 Å². The topological polar surface area (TPSA) is 63.2 Å². The number of ether oxygens (including phenoxy) is 1. The Morgan fingerprint density at radius 2 is 2.00 bits per heavy atom. The Morgan fingerprint density at radius 3 is 2.68 bits per heavy atom. The number of nitrogens with zero attached hydrogens (tertiary/aromatic N) is 1. The van der Waals surface area contributed by atoms with Gasteiger partial charge in [0.25, 0.3) is 5.91 Å². The zero-order valence-corrected chi connectivity index (χ0v) is 14.9. The van der Waals surface area contributed by atoms with E-state index in [1.165, 1.54) is 36.2 Å². The maximum absolute atomic E-state index is 12.6. The lowest BCUT2D eigenvalue weighted by Crippen LogP contribution is -2.91. The molecular weight excluding hydrogens is 316 g/mol. The molecule has 0 spiro atoms. The van der Waals surface area contributed by atoms with E-state index in [-0.39, 0.29) is 24.3 Å². The van der Waals surface area contributed by atoms with Gasteiger partial charge in [-0.2, -0.15) is 0 Å². The molecule has 1 fully saturated rings. The molecule has 0 aromatic heterocycles. The number of imide groups is 1. The second-order valence-electron chi connectivity index (χ2n) is 6.69. The first-order chi connectivity index (χ1) is 12.2. The van der Waals surface area contributed by atoms with Gasteiger partial charge in [0, 0.05) is 6.42 Å². The number of benzene rings is 1. The molecule has 0 bridgehead atoms. The molecule has 3 rings (SSSR count). The van der Waals surface area contributed by atoms with Crippen molar-refractivity contribution in [1.29, 1.82) is 0 Å². The molecule has 134 valence electrons. The molecule has 2 N–H and O–H groups in total. The highest BCUT2D eigenvalue weighted by atomic mass is 16.5. The molecular formula is C20H27N2O3+. The second kappa shape index (κ2) is 8.30. The first-order valence-electron chi connectivity index (χ1n) is 9.30. The van der Waals surface area contributed by atoms with Gasteiger partial charge in [-0.15, -0.1) is 0 Å². The highest BCUT2D eigenvalue weighted by Gasteiger charge is 2.42. The van der Waals surface area contributed by atoms with Crippen molar-refractivity contribution in [3.05, 3.63) is 35.9 Å². The zero-order valence-electron chi connectivity index (χ0n) is 14.9. The van der Waals surface area contributed by atoms with Gasteiger partial charge in [0.15, 0.2) is 6.04 Å². The Morgan fingerprint density at radius 1 is 1.20 bits per heavy atom. The van der Waals surface area contributed by atoms with Crippen LogP contribution in [0.15, 0.2) is 35.9 Å². The molecule has 2 aliphatic rings. The van der Waals surface area contributed by atoms with Gasteiger partial charge in [-0.05, 0) is 56.9 Å². The lowest BCUT2D eigenvalue weighted by atomic mass is 9.97. The average Bonchev–Trinajstić information content (AvgIpc) is 2.91. The van der Waals surface area contributed by atoms with Crippen LogP contribution in [0.3, 0.4) is 0 Å². The van der Waals surface area contributed by atoms with E-state index in [2.05, 4.69) is 6.08 Å². The summed E-state index contributed by atoms with van der Waals surface area (Å²) >= 11 is 0. The van der Waals surface area contributed by atoms with Crippen LogP contribution in [0, 0.1) is 0 Å². The van der Waals surface area contributed by atoms with Gasteiger partial charge in [0.2, 0.25) is 5.91 Å². The number of carbonyl (C=O) groups is 2. The maximum Gasteiger partial charge on any atom is 0.292 e. The predicted molar refractivity (Wildman–Crippen MR) is 96.5 cm³/mol. The normalized spacial score (nSPS) is 20.8. The molecule has 5 heteroatoms. The van der Waals surface area contributed by atoms with E-state index in [0.29, 0.717) is 12.3 Å². The molecule has 1 aromatic carbocycles. The van der Waals surface area contributed by atoms with Crippen LogP contribution in [-0.4, -0.2) is 31.0 Å². The summed E-state index contributed by atoms with van der Waals surface area (Å²) < 4.78 is 5.41. The fourth-order valence-electron chi connectivity index (χ4n) is 3.57. The van der Waals surface area contributed by atoms with Crippen molar-refractivity contribution in [1.82, 2.24) is 0 Å². The summed E-state index contributed by atoms with van der Waals surface area (Å²) in [7, 11) is 0. The van der Waals surface area contributed by atoms with E-state index in [0.717, 1.165) is 18.7 Å². The number of amides is 2. The Bertz CT molecular complexity index is 651. The van der Waals surface area contributed by atoms with Gasteiger partial charge >= 0.3 is 0 Å². The summed E-state index contributed by atoms with van der Waals surface area (Å²) in [6, 6.07) is 6.85. The molecule has 1 aromatic rings. The smallest absolute Gasteiger partial charge is 0.292 e. The number of allylic oxidation sites excluding steroid dienone is 1. The summed E-state index contributed by atoms with van der Waals surface area (Å²) in [5, 5.41) is 2.03. The molecule has 5 nitrogen and oxygen atoms in total. The minimum atomic E-state index is -0.289. The minimum absolute atomic E-state index is 0.105. The number of hydrogen-bond acceptors (Lipinski definition) is 3. The largest absolute Gasteiger partial charge is 0.494 e. The third kappa shape index (κ3) is 4.28. The molecule has 1 aliphatic carbocycles. The van der Waals surface area contributed by atoms with Crippen molar-refractivity contribution < 1.29 is 19.6 Å². The van der Waals surface area contributed by atoms with Crippen molar-refractivity contribution in [2.24, 2.45) is 0 Å². The zero-order chi connectivity index (χ0) is 17.6. The Hall–Kier alpha value is -2.14. The lowest BCUT2D eigenvalue weighted by molar-refractivity contribution is -0.674. The van der Waals surface area contributed by atoms with Crippen LogP contribution in [0.2, 0.25) is 0 Å². The van der Waals surface area contributed by atoms with Gasteiger partial charge < -0.3 is 10.1 Å². The number of rotatable bonds is 7. The molecule has 1 aliphatic heterocycles. The van der Waals surface area contributed by atoms with E-state index >= 15 is 0 Å². The fourth-order valence-corrected chi connectivity index (χ4v) is 3.57. The van der Waals surface area contributed by atoms with E-state index < -0.39 is 0 Å². The monoisotopic (exact) mass is 343 g/mol. The van der Waals surface area contributed by atoms with Gasteiger partial charge in [-0.1, -0.05) is 11.6 Å². The van der Waals surface area contributed by atoms with Crippen molar-refractivity contribution in [2.75, 3.05) is 18.1 Å². The standard InChI is InChI=1S/C20H26N2O3/c1-2-25-17-10-8-16(9-11-17)22-19(23)14-18(20(22)24)21-13-12-15-6-4-3-5-7-15/h6,8-11,18,21H,2-5,7,12-14H2,1H3/p+1/t18-/m0/s1. The van der Waals surface area contributed by atoms with Crippen molar-refractivity contribution in [3.63, 3.8) is 0 Å². The van der Waals surface area contributed by atoms with E-state index in [4.69, 9.17) is 4.74 Å². The molecule has 1 saturated heterocycles. The molecule has 0 saturated carbocycles. The van der Waals surface area contributed by atoms with Gasteiger partial charge in [0.05, 0.1) is 25.3 Å². The third-order valence-corrected chi connectivity index (χ3v) is 4.89. The highest BCUT2D eigenvalue weighted by molar-refractivity contribution is 6.21.